The van der Waals surface area contributed by atoms with Crippen LogP contribution in [0.5, 0.6) is 0 Å². The molecule has 0 radical (unpaired) electrons. The number of pyridine rings is 1. The Bertz CT molecular complexity index is 1080. The number of aromatic amines is 1. The molecule has 1 aliphatic heterocycles. The predicted molar refractivity (Wildman–Crippen MR) is 113 cm³/mol. The summed E-state index contributed by atoms with van der Waals surface area (Å²) in [6.07, 6.45) is -0.0715. The fourth-order valence-electron chi connectivity index (χ4n) is 4.30. The first-order chi connectivity index (χ1) is 14.7. The summed E-state index contributed by atoms with van der Waals surface area (Å²) in [5, 5.41) is 3.25. The van der Waals surface area contributed by atoms with Crippen LogP contribution in [0.4, 0.5) is 23.4 Å². The summed E-state index contributed by atoms with van der Waals surface area (Å²) in [4.78, 5) is 9.08. The lowest BCUT2D eigenvalue weighted by atomic mass is 9.88. The molecule has 31 heavy (non-hydrogen) atoms. The molecule has 0 amide bonds. The molecule has 1 aliphatic carbocycles. The van der Waals surface area contributed by atoms with Gasteiger partial charge in [0.05, 0.1) is 11.3 Å². The smallest absolute Gasteiger partial charge is 0.387 e. The number of hydrogen-bond donors (Lipinski definition) is 2. The van der Waals surface area contributed by atoms with E-state index in [1.54, 1.807) is 13.1 Å². The van der Waals surface area contributed by atoms with Crippen LogP contribution in [0.25, 0.3) is 5.57 Å². The van der Waals surface area contributed by atoms with Gasteiger partial charge in [0.1, 0.15) is 12.0 Å². The largest absolute Gasteiger partial charge is 0.417 e. The van der Waals surface area contributed by atoms with Gasteiger partial charge in [0.25, 0.3) is 0 Å². The molecule has 2 aromatic rings. The molecule has 8 heteroatoms. The number of fused-ring (bicyclic) bond motifs is 1. The number of H-pyrrole nitrogens is 1. The van der Waals surface area contributed by atoms with Gasteiger partial charge < -0.3 is 15.2 Å². The van der Waals surface area contributed by atoms with Crippen molar-refractivity contribution >= 4 is 11.4 Å². The summed E-state index contributed by atoms with van der Waals surface area (Å²) in [6, 6.07) is 2.99. The van der Waals surface area contributed by atoms with Gasteiger partial charge in [0, 0.05) is 55.8 Å². The molecule has 0 saturated carbocycles. The minimum atomic E-state index is -4.42. The second-order valence-electron chi connectivity index (χ2n) is 7.87. The number of aromatic nitrogens is 2. The Kier molecular flexibility index (Phi) is 5.41. The van der Waals surface area contributed by atoms with Crippen molar-refractivity contribution in [1.82, 2.24) is 15.3 Å². The Morgan fingerprint density at radius 3 is 2.81 bits per heavy atom. The SMILES string of the molecule is C=C1CCN(c2ncc(C(F)(F)F)cc2C)C/C1=C(/NC)C1=CCC(F)c2[nH]ccc21. The van der Waals surface area contributed by atoms with Crippen molar-refractivity contribution < 1.29 is 17.6 Å². The standard InChI is InChI=1S/C23H24F4N4/c1-13-7-9-31(22-14(2)10-15(11-30-22)23(25,26)27)12-18(13)20(28-3)16-4-5-19(24)21-17(16)6-8-29-21/h4,6,8,10-11,19,28-29H,1,5,7,9,12H2,2-3H3/b20-18-. The maximum absolute atomic E-state index is 14.3. The molecule has 0 bridgehead atoms. The number of anilines is 1. The molecule has 1 unspecified atom stereocenters. The molecule has 164 valence electrons. The second-order valence-corrected chi connectivity index (χ2v) is 7.87. The van der Waals surface area contributed by atoms with Crippen molar-refractivity contribution in [3.63, 3.8) is 0 Å². The van der Waals surface area contributed by atoms with E-state index in [4.69, 9.17) is 0 Å². The monoisotopic (exact) mass is 432 g/mol. The molecular formula is C23H24F4N4. The summed E-state index contributed by atoms with van der Waals surface area (Å²) in [5.74, 6) is 0.525. The summed E-state index contributed by atoms with van der Waals surface area (Å²) >= 11 is 0. The molecule has 1 atom stereocenters. The topological polar surface area (TPSA) is 44.0 Å². The zero-order chi connectivity index (χ0) is 22.3. The molecule has 2 aromatic heterocycles. The number of aryl methyl sites for hydroxylation is 1. The van der Waals surface area contributed by atoms with Crippen LogP contribution in [0.15, 0.2) is 54.0 Å². The van der Waals surface area contributed by atoms with E-state index in [0.717, 1.165) is 40.2 Å². The van der Waals surface area contributed by atoms with Crippen molar-refractivity contribution in [2.45, 2.75) is 32.1 Å². The fraction of sp³-hybridized carbons (Fsp3) is 0.348. The van der Waals surface area contributed by atoms with Crippen molar-refractivity contribution in [2.75, 3.05) is 25.0 Å². The van der Waals surface area contributed by atoms with E-state index in [1.165, 1.54) is 0 Å². The first kappa shape index (κ1) is 21.2. The highest BCUT2D eigenvalue weighted by Crippen LogP contribution is 2.40. The van der Waals surface area contributed by atoms with Gasteiger partial charge >= 0.3 is 6.18 Å². The van der Waals surface area contributed by atoms with Crippen LogP contribution in [-0.2, 0) is 6.18 Å². The molecule has 2 N–H and O–H groups in total. The van der Waals surface area contributed by atoms with Crippen LogP contribution < -0.4 is 10.2 Å². The summed E-state index contributed by atoms with van der Waals surface area (Å²) in [7, 11) is 1.81. The number of rotatable bonds is 3. The summed E-state index contributed by atoms with van der Waals surface area (Å²) in [6.45, 7) is 6.91. The predicted octanol–water partition coefficient (Wildman–Crippen LogP) is 5.47. The van der Waals surface area contributed by atoms with Crippen LogP contribution >= 0.6 is 0 Å². The minimum absolute atomic E-state index is 0.275. The van der Waals surface area contributed by atoms with Gasteiger partial charge in [-0.2, -0.15) is 13.2 Å². The normalized spacial score (nSPS) is 21.0. The van der Waals surface area contributed by atoms with Crippen LogP contribution in [-0.4, -0.2) is 30.1 Å². The second kappa shape index (κ2) is 7.90. The van der Waals surface area contributed by atoms with Gasteiger partial charge in [-0.05, 0) is 42.2 Å². The van der Waals surface area contributed by atoms with E-state index in [-0.39, 0.29) is 6.42 Å². The van der Waals surface area contributed by atoms with Crippen LogP contribution in [0.3, 0.4) is 0 Å². The van der Waals surface area contributed by atoms with E-state index < -0.39 is 17.9 Å². The molecule has 2 aliphatic rings. The third-order valence-electron chi connectivity index (χ3n) is 5.87. The summed E-state index contributed by atoms with van der Waals surface area (Å²) in [5.41, 5.74) is 4.74. The average Bonchev–Trinajstić information content (AvgIpc) is 3.22. The lowest BCUT2D eigenvalue weighted by Gasteiger charge is -2.34. The Hall–Kier alpha value is -3.03. The Labute approximate surface area is 178 Å². The number of hydrogen-bond acceptors (Lipinski definition) is 3. The molecule has 4 rings (SSSR count). The van der Waals surface area contributed by atoms with Crippen molar-refractivity contribution in [1.29, 1.82) is 0 Å². The van der Waals surface area contributed by atoms with Gasteiger partial charge in [0.2, 0.25) is 0 Å². The number of piperidine rings is 1. The lowest BCUT2D eigenvalue weighted by Crippen LogP contribution is -2.35. The highest BCUT2D eigenvalue weighted by molar-refractivity contribution is 5.83. The van der Waals surface area contributed by atoms with Crippen LogP contribution in [0.2, 0.25) is 0 Å². The number of halogens is 4. The highest BCUT2D eigenvalue weighted by atomic mass is 19.4. The lowest BCUT2D eigenvalue weighted by molar-refractivity contribution is -0.137. The third-order valence-corrected chi connectivity index (χ3v) is 5.87. The van der Waals surface area contributed by atoms with E-state index in [9.17, 15) is 17.6 Å². The molecule has 4 nitrogen and oxygen atoms in total. The number of nitrogens with zero attached hydrogens (tertiary/aromatic N) is 2. The van der Waals surface area contributed by atoms with E-state index in [0.29, 0.717) is 36.6 Å². The van der Waals surface area contributed by atoms with Gasteiger partial charge in [-0.25, -0.2) is 9.37 Å². The first-order valence-corrected chi connectivity index (χ1v) is 10.1. The fourth-order valence-corrected chi connectivity index (χ4v) is 4.30. The Morgan fingerprint density at radius 2 is 2.13 bits per heavy atom. The molecule has 3 heterocycles. The van der Waals surface area contributed by atoms with Gasteiger partial charge in [-0.3, -0.25) is 0 Å². The molecule has 0 aromatic carbocycles. The number of nitrogens with one attached hydrogen (secondary N) is 2. The van der Waals surface area contributed by atoms with Gasteiger partial charge in [0.15, 0.2) is 0 Å². The zero-order valence-corrected chi connectivity index (χ0v) is 17.4. The van der Waals surface area contributed by atoms with Crippen LogP contribution in [0.1, 0.15) is 41.4 Å². The Morgan fingerprint density at radius 1 is 1.35 bits per heavy atom. The van der Waals surface area contributed by atoms with Gasteiger partial charge in [-0.1, -0.05) is 12.7 Å². The molecule has 1 saturated heterocycles. The van der Waals surface area contributed by atoms with Crippen molar-refractivity contribution in [2.24, 2.45) is 0 Å². The van der Waals surface area contributed by atoms with Crippen molar-refractivity contribution in [3.8, 4) is 0 Å². The summed E-state index contributed by atoms with van der Waals surface area (Å²) < 4.78 is 53.3. The number of alkyl halides is 4. The van der Waals surface area contributed by atoms with E-state index >= 15 is 0 Å². The molecular weight excluding hydrogens is 408 g/mol. The Balaban J connectivity index is 1.71. The van der Waals surface area contributed by atoms with E-state index in [1.807, 2.05) is 24.1 Å². The number of allylic oxidation sites excluding steroid dienone is 2. The first-order valence-electron chi connectivity index (χ1n) is 10.1. The average molecular weight is 432 g/mol. The molecule has 0 spiro atoms. The third kappa shape index (κ3) is 3.86. The number of likely N-dealkylation sites (N-methyl/N-ethyl adjacent to an activating group) is 1. The highest BCUT2D eigenvalue weighted by Gasteiger charge is 2.33. The van der Waals surface area contributed by atoms with Gasteiger partial charge in [-0.15, -0.1) is 0 Å². The zero-order valence-electron chi connectivity index (χ0n) is 17.4. The van der Waals surface area contributed by atoms with Crippen LogP contribution in [0, 0.1) is 6.92 Å². The van der Waals surface area contributed by atoms with Crippen molar-refractivity contribution in [3.05, 3.63) is 76.4 Å². The maximum Gasteiger partial charge on any atom is 0.417 e. The maximum atomic E-state index is 14.3. The van der Waals surface area contributed by atoms with E-state index in [2.05, 4.69) is 21.9 Å². The minimum Gasteiger partial charge on any atom is -0.387 e. The molecule has 1 fully saturated rings. The quantitative estimate of drug-likeness (QED) is 0.632.